The summed E-state index contributed by atoms with van der Waals surface area (Å²) >= 11 is 0. The number of unbranched alkanes of at least 4 members (excludes halogenated alkanes) is 1. The van der Waals surface area contributed by atoms with Gasteiger partial charge in [-0.1, -0.05) is 37.6 Å². The molecule has 1 aromatic heterocycles. The molecule has 2 N–H and O–H groups in total. The predicted molar refractivity (Wildman–Crippen MR) is 106 cm³/mol. The highest BCUT2D eigenvalue weighted by Gasteiger charge is 2.01. The maximum Gasteiger partial charge on any atom is 0.191 e. The Bertz CT molecular complexity index is 639. The monoisotopic (exact) mass is 357 g/mol. The summed E-state index contributed by atoms with van der Waals surface area (Å²) in [5, 5.41) is 10.9. The van der Waals surface area contributed by atoms with E-state index in [9.17, 15) is 0 Å². The number of rotatable bonds is 11. The van der Waals surface area contributed by atoms with Crippen molar-refractivity contribution >= 4 is 5.96 Å². The largest absolute Gasteiger partial charge is 0.381 e. The van der Waals surface area contributed by atoms with Gasteiger partial charge in [0.15, 0.2) is 5.96 Å². The molecule has 0 saturated heterocycles. The molecule has 1 aromatic carbocycles. The molecule has 6 nitrogen and oxygen atoms in total. The third-order valence-electron chi connectivity index (χ3n) is 3.98. The molecule has 26 heavy (non-hydrogen) atoms. The molecule has 0 aliphatic rings. The van der Waals surface area contributed by atoms with E-state index in [1.807, 2.05) is 16.9 Å². The topological polar surface area (TPSA) is 63.5 Å². The van der Waals surface area contributed by atoms with Crippen molar-refractivity contribution in [2.24, 2.45) is 4.99 Å². The molecule has 2 aromatic rings. The van der Waals surface area contributed by atoms with Crippen molar-refractivity contribution < 1.29 is 4.74 Å². The lowest BCUT2D eigenvalue weighted by Gasteiger charge is -2.13. The minimum Gasteiger partial charge on any atom is -0.381 e. The highest BCUT2D eigenvalue weighted by Crippen LogP contribution is 2.07. The Morgan fingerprint density at radius 1 is 1.15 bits per heavy atom. The van der Waals surface area contributed by atoms with Gasteiger partial charge in [-0.25, -0.2) is 0 Å². The third kappa shape index (κ3) is 7.70. The number of guanidine groups is 1. The lowest BCUT2D eigenvalue weighted by atomic mass is 10.1. The molecule has 2 rings (SSSR count). The van der Waals surface area contributed by atoms with Gasteiger partial charge in [-0.3, -0.25) is 9.67 Å². The van der Waals surface area contributed by atoms with Crippen LogP contribution in [0.4, 0.5) is 0 Å². The Balaban J connectivity index is 1.69. The van der Waals surface area contributed by atoms with Crippen molar-refractivity contribution in [2.45, 2.75) is 39.3 Å². The van der Waals surface area contributed by atoms with Crippen molar-refractivity contribution in [2.75, 3.05) is 26.8 Å². The van der Waals surface area contributed by atoms with Crippen molar-refractivity contribution in [1.29, 1.82) is 0 Å². The van der Waals surface area contributed by atoms with Crippen molar-refractivity contribution in [3.63, 3.8) is 0 Å². The SMILES string of the molecule is CCCCOCCCNC(=NC)NCc1cccc(Cn2cccn2)c1. The zero-order chi connectivity index (χ0) is 18.5. The molecule has 0 amide bonds. The van der Waals surface area contributed by atoms with Gasteiger partial charge in [0.2, 0.25) is 0 Å². The van der Waals surface area contributed by atoms with Crippen LogP contribution in [0.1, 0.15) is 37.3 Å². The first-order chi connectivity index (χ1) is 12.8. The molecule has 0 saturated carbocycles. The standard InChI is InChI=1S/C20H31N5O/c1-3-4-13-26-14-7-10-22-20(21-2)23-16-18-8-5-9-19(15-18)17-25-12-6-11-24-25/h5-6,8-9,11-12,15H,3-4,7,10,13-14,16-17H2,1-2H3,(H2,21,22,23). The van der Waals surface area contributed by atoms with Crippen LogP contribution in [0.15, 0.2) is 47.7 Å². The van der Waals surface area contributed by atoms with Gasteiger partial charge in [0.05, 0.1) is 6.54 Å². The Morgan fingerprint density at radius 3 is 2.77 bits per heavy atom. The number of benzene rings is 1. The summed E-state index contributed by atoms with van der Waals surface area (Å²) in [5.74, 6) is 0.816. The average molecular weight is 358 g/mol. The van der Waals surface area contributed by atoms with Crippen LogP contribution in [-0.4, -0.2) is 42.5 Å². The number of aromatic nitrogens is 2. The van der Waals surface area contributed by atoms with Gasteiger partial charge in [-0.05, 0) is 30.0 Å². The lowest BCUT2D eigenvalue weighted by molar-refractivity contribution is 0.129. The van der Waals surface area contributed by atoms with Gasteiger partial charge in [-0.15, -0.1) is 0 Å². The van der Waals surface area contributed by atoms with Crippen LogP contribution in [0.2, 0.25) is 0 Å². The minimum absolute atomic E-state index is 0.736. The summed E-state index contributed by atoms with van der Waals surface area (Å²) in [4.78, 5) is 4.27. The number of nitrogens with one attached hydrogen (secondary N) is 2. The fourth-order valence-electron chi connectivity index (χ4n) is 2.55. The Hall–Kier alpha value is -2.34. The first-order valence-electron chi connectivity index (χ1n) is 9.39. The molecule has 0 bridgehead atoms. The van der Waals surface area contributed by atoms with E-state index in [1.165, 1.54) is 17.5 Å². The van der Waals surface area contributed by atoms with Gasteiger partial charge in [0.25, 0.3) is 0 Å². The van der Waals surface area contributed by atoms with Crippen LogP contribution in [-0.2, 0) is 17.8 Å². The van der Waals surface area contributed by atoms with E-state index in [2.05, 4.69) is 51.9 Å². The van der Waals surface area contributed by atoms with Crippen LogP contribution in [0, 0.1) is 0 Å². The number of ether oxygens (including phenoxy) is 1. The molecule has 0 fully saturated rings. The number of nitrogens with zero attached hydrogens (tertiary/aromatic N) is 3. The second kappa shape index (κ2) is 12.1. The lowest BCUT2D eigenvalue weighted by Crippen LogP contribution is -2.37. The van der Waals surface area contributed by atoms with Gasteiger partial charge in [-0.2, -0.15) is 5.10 Å². The summed E-state index contributed by atoms with van der Waals surface area (Å²) < 4.78 is 7.49. The maximum absolute atomic E-state index is 5.57. The third-order valence-corrected chi connectivity index (χ3v) is 3.98. The zero-order valence-electron chi connectivity index (χ0n) is 15.9. The zero-order valence-corrected chi connectivity index (χ0v) is 15.9. The fourth-order valence-corrected chi connectivity index (χ4v) is 2.55. The summed E-state index contributed by atoms with van der Waals surface area (Å²) in [6.45, 7) is 6.20. The van der Waals surface area contributed by atoms with Gasteiger partial charge >= 0.3 is 0 Å². The molecular formula is C20H31N5O. The van der Waals surface area contributed by atoms with Crippen LogP contribution >= 0.6 is 0 Å². The fraction of sp³-hybridized carbons (Fsp3) is 0.500. The van der Waals surface area contributed by atoms with E-state index in [1.54, 1.807) is 13.2 Å². The van der Waals surface area contributed by atoms with E-state index >= 15 is 0 Å². The molecule has 0 radical (unpaired) electrons. The highest BCUT2D eigenvalue weighted by molar-refractivity contribution is 5.79. The van der Waals surface area contributed by atoms with Crippen molar-refractivity contribution in [3.8, 4) is 0 Å². The molecule has 1 heterocycles. The molecule has 0 spiro atoms. The van der Waals surface area contributed by atoms with E-state index in [4.69, 9.17) is 4.74 Å². The molecule has 0 aliphatic heterocycles. The van der Waals surface area contributed by atoms with E-state index in [-0.39, 0.29) is 0 Å². The van der Waals surface area contributed by atoms with E-state index in [0.29, 0.717) is 0 Å². The van der Waals surface area contributed by atoms with Crippen LogP contribution in [0.5, 0.6) is 0 Å². The number of aliphatic imine (C=N–C) groups is 1. The number of hydrogen-bond acceptors (Lipinski definition) is 3. The second-order valence-corrected chi connectivity index (χ2v) is 6.20. The molecule has 0 aliphatic carbocycles. The Kier molecular flexibility index (Phi) is 9.29. The summed E-state index contributed by atoms with van der Waals surface area (Å²) in [6.07, 6.45) is 7.07. The Labute approximate surface area is 156 Å². The first-order valence-corrected chi connectivity index (χ1v) is 9.39. The van der Waals surface area contributed by atoms with Gasteiger partial charge in [0.1, 0.15) is 0 Å². The normalized spacial score (nSPS) is 11.5. The summed E-state index contributed by atoms with van der Waals surface area (Å²) in [6, 6.07) is 10.5. The highest BCUT2D eigenvalue weighted by atomic mass is 16.5. The van der Waals surface area contributed by atoms with E-state index < -0.39 is 0 Å². The van der Waals surface area contributed by atoms with E-state index in [0.717, 1.165) is 51.6 Å². The Morgan fingerprint density at radius 2 is 2.00 bits per heavy atom. The second-order valence-electron chi connectivity index (χ2n) is 6.20. The minimum atomic E-state index is 0.736. The van der Waals surface area contributed by atoms with Crippen LogP contribution < -0.4 is 10.6 Å². The van der Waals surface area contributed by atoms with Gasteiger partial charge < -0.3 is 15.4 Å². The number of hydrogen-bond donors (Lipinski definition) is 2. The van der Waals surface area contributed by atoms with Crippen LogP contribution in [0.3, 0.4) is 0 Å². The summed E-state index contributed by atoms with van der Waals surface area (Å²) in [7, 11) is 1.79. The quantitative estimate of drug-likeness (QED) is 0.369. The molecular weight excluding hydrogens is 326 g/mol. The smallest absolute Gasteiger partial charge is 0.191 e. The molecule has 0 atom stereocenters. The first kappa shape index (κ1) is 20.0. The van der Waals surface area contributed by atoms with Crippen molar-refractivity contribution in [1.82, 2.24) is 20.4 Å². The summed E-state index contributed by atoms with van der Waals surface area (Å²) in [5.41, 5.74) is 2.46. The molecule has 0 unspecified atom stereocenters. The van der Waals surface area contributed by atoms with Gasteiger partial charge in [0, 0.05) is 45.7 Å². The maximum atomic E-state index is 5.57. The van der Waals surface area contributed by atoms with Crippen LogP contribution in [0.25, 0.3) is 0 Å². The molecule has 6 heteroatoms. The molecule has 142 valence electrons. The van der Waals surface area contributed by atoms with Crippen molar-refractivity contribution in [3.05, 3.63) is 53.9 Å². The predicted octanol–water partition coefficient (Wildman–Crippen LogP) is 2.80. The average Bonchev–Trinajstić information content (AvgIpc) is 3.17.